The fourth-order valence-electron chi connectivity index (χ4n) is 1.78. The zero-order chi connectivity index (χ0) is 14.1. The first kappa shape index (κ1) is 16.8. The van der Waals surface area contributed by atoms with Crippen molar-refractivity contribution in [2.24, 2.45) is 0 Å². The number of rotatable bonds is 9. The van der Waals surface area contributed by atoms with Crippen molar-refractivity contribution >= 4 is 27.7 Å². The highest BCUT2D eigenvalue weighted by atomic mass is 79.9. The molecule has 0 bridgehead atoms. The van der Waals surface area contributed by atoms with Gasteiger partial charge in [-0.25, -0.2) is 0 Å². The molecule has 0 radical (unpaired) electrons. The van der Waals surface area contributed by atoms with Gasteiger partial charge in [-0.05, 0) is 44.0 Å². The number of hydrogen-bond donors (Lipinski definition) is 1. The number of thioether (sulfide) groups is 1. The van der Waals surface area contributed by atoms with Crippen molar-refractivity contribution in [1.82, 2.24) is 5.32 Å². The molecule has 0 saturated carbocycles. The third-order valence-corrected chi connectivity index (χ3v) is 4.61. The monoisotopic (exact) mass is 341 g/mol. The summed E-state index contributed by atoms with van der Waals surface area (Å²) in [5.74, 6) is 1.09. The van der Waals surface area contributed by atoms with Crippen molar-refractivity contribution < 1.29 is 0 Å². The lowest BCUT2D eigenvalue weighted by Gasteiger charge is -2.19. The molecule has 0 aliphatic carbocycles. The van der Waals surface area contributed by atoms with Gasteiger partial charge in [0.1, 0.15) is 0 Å². The summed E-state index contributed by atoms with van der Waals surface area (Å²) in [5, 5.41) is 3.63. The molecule has 1 aromatic carbocycles. The maximum absolute atomic E-state index is 4.13. The zero-order valence-electron chi connectivity index (χ0n) is 11.9. The van der Waals surface area contributed by atoms with E-state index >= 15 is 0 Å². The van der Waals surface area contributed by atoms with E-state index in [0.29, 0.717) is 6.04 Å². The molecule has 1 atom stereocenters. The van der Waals surface area contributed by atoms with Gasteiger partial charge in [0, 0.05) is 21.2 Å². The summed E-state index contributed by atoms with van der Waals surface area (Å²) < 4.78 is 1.15. The lowest BCUT2D eigenvalue weighted by atomic mass is 10.1. The Morgan fingerprint density at radius 3 is 2.84 bits per heavy atom. The van der Waals surface area contributed by atoms with E-state index in [1.807, 2.05) is 11.8 Å². The smallest absolute Gasteiger partial charge is 0.0198 e. The van der Waals surface area contributed by atoms with Crippen LogP contribution in [-0.4, -0.2) is 18.3 Å². The van der Waals surface area contributed by atoms with E-state index in [1.165, 1.54) is 16.9 Å². The van der Waals surface area contributed by atoms with E-state index < -0.39 is 0 Å². The number of nitrogens with one attached hydrogen (secondary N) is 1. The Bertz CT molecular complexity index is 392. The molecular formula is C16H24BrNS. The topological polar surface area (TPSA) is 12.0 Å². The van der Waals surface area contributed by atoms with Crippen LogP contribution in [0.5, 0.6) is 0 Å². The van der Waals surface area contributed by atoms with Crippen LogP contribution >= 0.6 is 27.7 Å². The molecule has 0 aliphatic heterocycles. The Hall–Kier alpha value is -0.250. The van der Waals surface area contributed by atoms with Gasteiger partial charge in [-0.3, -0.25) is 0 Å². The van der Waals surface area contributed by atoms with Crippen LogP contribution in [0, 0.1) is 0 Å². The molecule has 1 aromatic rings. The normalized spacial score (nSPS) is 12.4. The van der Waals surface area contributed by atoms with E-state index in [1.54, 1.807) is 0 Å². The Labute approximate surface area is 130 Å². The van der Waals surface area contributed by atoms with Crippen molar-refractivity contribution in [3.63, 3.8) is 0 Å². The third kappa shape index (κ3) is 7.19. The van der Waals surface area contributed by atoms with Gasteiger partial charge in [-0.2, -0.15) is 0 Å². The highest BCUT2D eigenvalue weighted by Gasteiger charge is 2.09. The van der Waals surface area contributed by atoms with Crippen molar-refractivity contribution in [2.75, 3.05) is 12.3 Å². The second-order valence-corrected chi connectivity index (χ2v) is 6.74. The lowest BCUT2D eigenvalue weighted by molar-refractivity contribution is 0.544. The van der Waals surface area contributed by atoms with Crippen LogP contribution in [-0.2, 0) is 0 Å². The van der Waals surface area contributed by atoms with Crippen LogP contribution < -0.4 is 5.32 Å². The molecule has 3 heteroatoms. The van der Waals surface area contributed by atoms with Crippen molar-refractivity contribution in [2.45, 2.75) is 44.0 Å². The summed E-state index contributed by atoms with van der Waals surface area (Å²) in [7, 11) is 0. The minimum absolute atomic E-state index is 0.524. The molecule has 0 aliphatic rings. The van der Waals surface area contributed by atoms with E-state index in [9.17, 15) is 0 Å². The Balaban J connectivity index is 2.49. The predicted octanol–water partition coefficient (Wildman–Crippen LogP) is 5.27. The molecule has 19 heavy (non-hydrogen) atoms. The van der Waals surface area contributed by atoms with Gasteiger partial charge in [0.2, 0.25) is 0 Å². The molecule has 1 unspecified atom stereocenters. The minimum atomic E-state index is 0.524. The van der Waals surface area contributed by atoms with Crippen LogP contribution in [0.25, 0.3) is 0 Å². The van der Waals surface area contributed by atoms with Crippen molar-refractivity contribution in [3.05, 3.63) is 40.9 Å². The van der Waals surface area contributed by atoms with Gasteiger partial charge >= 0.3 is 0 Å². The number of hydrogen-bond acceptors (Lipinski definition) is 2. The molecular weight excluding hydrogens is 318 g/mol. The molecule has 1 rings (SSSR count). The minimum Gasteiger partial charge on any atom is -0.313 e. The fraction of sp³-hybridized carbons (Fsp3) is 0.500. The lowest BCUT2D eigenvalue weighted by Crippen LogP contribution is -2.32. The number of benzene rings is 1. The zero-order valence-corrected chi connectivity index (χ0v) is 14.3. The van der Waals surface area contributed by atoms with Gasteiger partial charge in [-0.15, -0.1) is 11.8 Å². The predicted molar refractivity (Wildman–Crippen MR) is 91.0 cm³/mol. The summed E-state index contributed by atoms with van der Waals surface area (Å²) in [6.45, 7) is 9.61. The van der Waals surface area contributed by atoms with Crippen LogP contribution in [0.2, 0.25) is 0 Å². The second-order valence-electron chi connectivity index (χ2n) is 4.73. The first-order valence-corrected chi connectivity index (χ1v) is 8.72. The molecule has 0 saturated heterocycles. The molecule has 0 heterocycles. The molecule has 1 nitrogen and oxygen atoms in total. The summed E-state index contributed by atoms with van der Waals surface area (Å²) in [4.78, 5) is 1.32. The third-order valence-electron chi connectivity index (χ3n) is 2.97. The van der Waals surface area contributed by atoms with Crippen LogP contribution in [0.1, 0.15) is 33.1 Å². The second kappa shape index (κ2) is 9.62. The van der Waals surface area contributed by atoms with Crippen molar-refractivity contribution in [3.8, 4) is 0 Å². The van der Waals surface area contributed by atoms with Crippen LogP contribution in [0.3, 0.4) is 0 Å². The van der Waals surface area contributed by atoms with E-state index in [2.05, 4.69) is 65.9 Å². The summed E-state index contributed by atoms with van der Waals surface area (Å²) in [6.07, 6.45) is 3.33. The van der Waals surface area contributed by atoms with Gasteiger partial charge in [0.25, 0.3) is 0 Å². The first-order chi connectivity index (χ1) is 9.15. The van der Waals surface area contributed by atoms with Crippen LogP contribution in [0.15, 0.2) is 45.8 Å². The molecule has 106 valence electrons. The Kier molecular flexibility index (Phi) is 8.51. The average molecular weight is 342 g/mol. The largest absolute Gasteiger partial charge is 0.313 e. The van der Waals surface area contributed by atoms with E-state index in [-0.39, 0.29) is 0 Å². The standard InChI is InChI=1S/C16H24BrNS/c1-4-9-18-15(10-13(3)5-2)12-19-16-8-6-7-14(17)11-16/h6-8,11,15,18H,3-5,9-10,12H2,1-2H3. The van der Waals surface area contributed by atoms with Gasteiger partial charge in [-0.1, -0.05) is 48.0 Å². The Morgan fingerprint density at radius 2 is 2.21 bits per heavy atom. The SMILES string of the molecule is C=C(CC)CC(CSc1cccc(Br)c1)NCCC. The maximum atomic E-state index is 4.13. The molecule has 0 aromatic heterocycles. The molecule has 0 amide bonds. The van der Waals surface area contributed by atoms with Gasteiger partial charge in [0.15, 0.2) is 0 Å². The average Bonchev–Trinajstić information content (AvgIpc) is 2.41. The van der Waals surface area contributed by atoms with Crippen molar-refractivity contribution in [1.29, 1.82) is 0 Å². The van der Waals surface area contributed by atoms with Crippen LogP contribution in [0.4, 0.5) is 0 Å². The van der Waals surface area contributed by atoms with E-state index in [0.717, 1.165) is 29.6 Å². The quantitative estimate of drug-likeness (QED) is 0.485. The number of halogens is 1. The van der Waals surface area contributed by atoms with Gasteiger partial charge in [0.05, 0.1) is 0 Å². The highest BCUT2D eigenvalue weighted by molar-refractivity contribution is 9.10. The fourth-order valence-corrected chi connectivity index (χ4v) is 3.35. The first-order valence-electron chi connectivity index (χ1n) is 6.94. The molecule has 1 N–H and O–H groups in total. The summed E-state index contributed by atoms with van der Waals surface area (Å²) in [5.41, 5.74) is 1.34. The molecule has 0 spiro atoms. The van der Waals surface area contributed by atoms with E-state index in [4.69, 9.17) is 0 Å². The summed E-state index contributed by atoms with van der Waals surface area (Å²) >= 11 is 5.43. The highest BCUT2D eigenvalue weighted by Crippen LogP contribution is 2.24. The maximum Gasteiger partial charge on any atom is 0.0198 e. The molecule has 0 fully saturated rings. The van der Waals surface area contributed by atoms with Gasteiger partial charge < -0.3 is 5.32 Å². The summed E-state index contributed by atoms with van der Waals surface area (Å²) in [6, 6.07) is 9.02. The Morgan fingerprint density at radius 1 is 1.42 bits per heavy atom.